The first-order valence-electron chi connectivity index (χ1n) is 6.97. The van der Waals surface area contributed by atoms with Crippen LogP contribution in [0.2, 0.25) is 0 Å². The van der Waals surface area contributed by atoms with Gasteiger partial charge < -0.3 is 5.32 Å². The lowest BCUT2D eigenvalue weighted by molar-refractivity contribution is 0.601. The van der Waals surface area contributed by atoms with E-state index in [-0.39, 0.29) is 5.54 Å². The fourth-order valence-electron chi connectivity index (χ4n) is 3.34. The molecule has 1 N–H and O–H groups in total. The molecule has 19 heavy (non-hydrogen) atoms. The van der Waals surface area contributed by atoms with E-state index in [2.05, 4.69) is 60.6 Å². The molecule has 1 saturated carbocycles. The highest BCUT2D eigenvalue weighted by molar-refractivity contribution is 5.85. The third-order valence-corrected chi connectivity index (χ3v) is 4.39. The number of aliphatic imine (C=N–C) groups is 1. The van der Waals surface area contributed by atoms with Crippen molar-refractivity contribution in [3.05, 3.63) is 47.5 Å². The first-order chi connectivity index (χ1) is 9.14. The molecule has 1 fully saturated rings. The number of fused-ring (bicyclic) bond motifs is 2. The molecule has 0 amide bonds. The molecular formula is C17H18N2. The molecule has 0 aromatic heterocycles. The van der Waals surface area contributed by atoms with E-state index in [1.165, 1.54) is 28.3 Å². The van der Waals surface area contributed by atoms with E-state index in [0.29, 0.717) is 6.04 Å². The van der Waals surface area contributed by atoms with Crippen LogP contribution < -0.4 is 5.32 Å². The predicted octanol–water partition coefficient (Wildman–Crippen LogP) is 3.22. The van der Waals surface area contributed by atoms with Gasteiger partial charge >= 0.3 is 0 Å². The molecule has 2 nitrogen and oxygen atoms in total. The van der Waals surface area contributed by atoms with Crippen LogP contribution in [-0.2, 0) is 6.42 Å². The maximum atomic E-state index is 4.61. The van der Waals surface area contributed by atoms with Crippen LogP contribution in [0.25, 0.3) is 10.8 Å². The molecule has 2 aliphatic rings. The standard InChI is InChI=1S/C17H18N2/c1-11-3-5-15-8-13(4-6-14(15)7-11)9-17-10-16(17)18-12(2)19-17/h3-8,16H,9-10H2,1-2H3,(H,18,19). The van der Waals surface area contributed by atoms with Crippen molar-refractivity contribution in [1.82, 2.24) is 5.32 Å². The first-order valence-corrected chi connectivity index (χ1v) is 6.97. The molecule has 1 heterocycles. The molecule has 2 aromatic carbocycles. The summed E-state index contributed by atoms with van der Waals surface area (Å²) < 4.78 is 0. The minimum absolute atomic E-state index is 0.239. The van der Waals surface area contributed by atoms with Crippen molar-refractivity contribution in [1.29, 1.82) is 0 Å². The monoisotopic (exact) mass is 250 g/mol. The van der Waals surface area contributed by atoms with Crippen LogP contribution in [0.15, 0.2) is 41.4 Å². The lowest BCUT2D eigenvalue weighted by atomic mass is 9.99. The Hall–Kier alpha value is -1.83. The van der Waals surface area contributed by atoms with Crippen LogP contribution in [0.5, 0.6) is 0 Å². The molecule has 96 valence electrons. The average Bonchev–Trinajstić information content (AvgIpc) is 2.91. The van der Waals surface area contributed by atoms with Crippen molar-refractivity contribution < 1.29 is 0 Å². The lowest BCUT2D eigenvalue weighted by Gasteiger charge is -2.15. The molecule has 1 aliphatic carbocycles. The number of nitrogens with zero attached hydrogens (tertiary/aromatic N) is 1. The summed E-state index contributed by atoms with van der Waals surface area (Å²) in [5.41, 5.74) is 2.97. The second-order valence-electron chi connectivity index (χ2n) is 6.08. The molecule has 0 spiro atoms. The zero-order valence-corrected chi connectivity index (χ0v) is 11.4. The van der Waals surface area contributed by atoms with E-state index in [1.54, 1.807) is 0 Å². The normalized spacial score (nSPS) is 27.9. The zero-order chi connectivity index (χ0) is 13.0. The smallest absolute Gasteiger partial charge is 0.0941 e. The van der Waals surface area contributed by atoms with Crippen LogP contribution in [-0.4, -0.2) is 17.4 Å². The number of nitrogens with one attached hydrogen (secondary N) is 1. The highest BCUT2D eigenvalue weighted by Gasteiger charge is 2.57. The fraction of sp³-hybridized carbons (Fsp3) is 0.353. The molecule has 0 saturated heterocycles. The van der Waals surface area contributed by atoms with E-state index in [9.17, 15) is 0 Å². The van der Waals surface area contributed by atoms with Gasteiger partial charge in [0.25, 0.3) is 0 Å². The second kappa shape index (κ2) is 3.60. The molecule has 2 unspecified atom stereocenters. The van der Waals surface area contributed by atoms with Gasteiger partial charge in [0.2, 0.25) is 0 Å². The molecule has 4 rings (SSSR count). The van der Waals surface area contributed by atoms with Gasteiger partial charge in [-0.15, -0.1) is 0 Å². The van der Waals surface area contributed by atoms with Gasteiger partial charge in [0.05, 0.1) is 17.4 Å². The highest BCUT2D eigenvalue weighted by atomic mass is 15.2. The van der Waals surface area contributed by atoms with Gasteiger partial charge in [-0.2, -0.15) is 0 Å². The Kier molecular flexibility index (Phi) is 2.09. The Bertz CT molecular complexity index is 701. The van der Waals surface area contributed by atoms with E-state index in [0.717, 1.165) is 12.3 Å². The highest BCUT2D eigenvalue weighted by Crippen LogP contribution is 2.45. The number of hydrogen-bond donors (Lipinski definition) is 1. The average molecular weight is 250 g/mol. The van der Waals surface area contributed by atoms with Crippen LogP contribution in [0.3, 0.4) is 0 Å². The first kappa shape index (κ1) is 11.0. The SMILES string of the molecule is CC1=NC2CC2(Cc2ccc3cc(C)ccc3c2)N1. The Morgan fingerprint density at radius 2 is 1.95 bits per heavy atom. The summed E-state index contributed by atoms with van der Waals surface area (Å²) in [5, 5.41) is 6.23. The molecule has 1 aliphatic heterocycles. The zero-order valence-electron chi connectivity index (χ0n) is 11.4. The fourth-order valence-corrected chi connectivity index (χ4v) is 3.34. The number of aryl methyl sites for hydroxylation is 1. The van der Waals surface area contributed by atoms with Crippen molar-refractivity contribution in [2.24, 2.45) is 4.99 Å². The molecular weight excluding hydrogens is 232 g/mol. The maximum Gasteiger partial charge on any atom is 0.0941 e. The van der Waals surface area contributed by atoms with Gasteiger partial charge in [-0.1, -0.05) is 42.0 Å². The van der Waals surface area contributed by atoms with Gasteiger partial charge in [0.1, 0.15) is 0 Å². The summed E-state index contributed by atoms with van der Waals surface area (Å²) in [6.07, 6.45) is 2.28. The van der Waals surface area contributed by atoms with E-state index < -0.39 is 0 Å². The van der Waals surface area contributed by atoms with Gasteiger partial charge in [-0.3, -0.25) is 4.99 Å². The lowest BCUT2D eigenvalue weighted by Crippen LogP contribution is -2.35. The molecule has 2 heteroatoms. The van der Waals surface area contributed by atoms with Gasteiger partial charge in [0.15, 0.2) is 0 Å². The van der Waals surface area contributed by atoms with E-state index >= 15 is 0 Å². The van der Waals surface area contributed by atoms with Crippen LogP contribution in [0.4, 0.5) is 0 Å². The minimum Gasteiger partial charge on any atom is -0.366 e. The third-order valence-electron chi connectivity index (χ3n) is 4.39. The van der Waals surface area contributed by atoms with Crippen molar-refractivity contribution in [3.63, 3.8) is 0 Å². The number of rotatable bonds is 2. The molecule has 0 bridgehead atoms. The molecule has 2 aromatic rings. The topological polar surface area (TPSA) is 24.4 Å². The number of amidine groups is 1. The maximum absolute atomic E-state index is 4.61. The van der Waals surface area contributed by atoms with Crippen molar-refractivity contribution >= 4 is 16.6 Å². The van der Waals surface area contributed by atoms with E-state index in [4.69, 9.17) is 0 Å². The minimum atomic E-state index is 0.239. The van der Waals surface area contributed by atoms with Crippen LogP contribution in [0, 0.1) is 6.92 Å². The summed E-state index contributed by atoms with van der Waals surface area (Å²) in [4.78, 5) is 4.61. The summed E-state index contributed by atoms with van der Waals surface area (Å²) >= 11 is 0. The van der Waals surface area contributed by atoms with Crippen molar-refractivity contribution in [2.75, 3.05) is 0 Å². The van der Waals surface area contributed by atoms with Crippen molar-refractivity contribution in [3.8, 4) is 0 Å². The quantitative estimate of drug-likeness (QED) is 0.869. The van der Waals surface area contributed by atoms with Gasteiger partial charge in [-0.25, -0.2) is 0 Å². The Morgan fingerprint density at radius 3 is 2.74 bits per heavy atom. The summed E-state index contributed by atoms with van der Waals surface area (Å²) in [5.74, 6) is 1.10. The largest absolute Gasteiger partial charge is 0.366 e. The summed E-state index contributed by atoms with van der Waals surface area (Å²) in [6, 6.07) is 14.0. The number of benzene rings is 2. The summed E-state index contributed by atoms with van der Waals surface area (Å²) in [6.45, 7) is 4.21. The number of hydrogen-bond acceptors (Lipinski definition) is 2. The second-order valence-corrected chi connectivity index (χ2v) is 6.08. The van der Waals surface area contributed by atoms with Crippen LogP contribution >= 0.6 is 0 Å². The Morgan fingerprint density at radius 1 is 1.16 bits per heavy atom. The van der Waals surface area contributed by atoms with Gasteiger partial charge in [0, 0.05) is 0 Å². The van der Waals surface area contributed by atoms with Crippen LogP contribution in [0.1, 0.15) is 24.5 Å². The third kappa shape index (κ3) is 1.74. The van der Waals surface area contributed by atoms with Gasteiger partial charge in [-0.05, 0) is 43.0 Å². The Balaban J connectivity index is 1.65. The molecule has 0 radical (unpaired) electrons. The predicted molar refractivity (Wildman–Crippen MR) is 79.8 cm³/mol. The van der Waals surface area contributed by atoms with E-state index in [1.807, 2.05) is 0 Å². The molecule has 2 atom stereocenters. The summed E-state index contributed by atoms with van der Waals surface area (Å²) in [7, 11) is 0. The Labute approximate surface area is 113 Å². The van der Waals surface area contributed by atoms with Crippen molar-refractivity contribution in [2.45, 2.75) is 38.3 Å².